The van der Waals surface area contributed by atoms with Crippen molar-refractivity contribution < 1.29 is 5.11 Å². The Morgan fingerprint density at radius 3 is 2.93 bits per heavy atom. The Labute approximate surface area is 82.6 Å². The van der Waals surface area contributed by atoms with Crippen molar-refractivity contribution >= 4 is 10.9 Å². The standard InChI is InChI=1S/C11H14N2O/c1-7-3-2-4-8-5-10(9(12)6-14)13-11(7)8/h2-5,9,13-14H,6,12H2,1H3/t9-/m1/s1. The van der Waals surface area contributed by atoms with Crippen molar-refractivity contribution in [3.8, 4) is 0 Å². The first kappa shape index (κ1) is 9.24. The molecule has 0 amide bonds. The van der Waals surface area contributed by atoms with E-state index in [9.17, 15) is 0 Å². The number of aromatic amines is 1. The summed E-state index contributed by atoms with van der Waals surface area (Å²) in [6.45, 7) is 2.01. The highest BCUT2D eigenvalue weighted by Gasteiger charge is 2.08. The maximum atomic E-state index is 8.94. The van der Waals surface area contributed by atoms with Gasteiger partial charge in [-0.2, -0.15) is 0 Å². The number of aliphatic hydroxyl groups excluding tert-OH is 1. The maximum Gasteiger partial charge on any atom is 0.0683 e. The van der Waals surface area contributed by atoms with Crippen molar-refractivity contribution in [1.29, 1.82) is 0 Å². The van der Waals surface area contributed by atoms with Crippen molar-refractivity contribution in [2.24, 2.45) is 5.73 Å². The summed E-state index contributed by atoms with van der Waals surface area (Å²) in [5.74, 6) is 0. The van der Waals surface area contributed by atoms with Gasteiger partial charge in [-0.25, -0.2) is 0 Å². The number of aryl methyl sites for hydroxylation is 1. The molecule has 0 spiro atoms. The van der Waals surface area contributed by atoms with Crippen LogP contribution in [-0.4, -0.2) is 16.7 Å². The topological polar surface area (TPSA) is 62.0 Å². The van der Waals surface area contributed by atoms with Gasteiger partial charge in [-0.1, -0.05) is 18.2 Å². The lowest BCUT2D eigenvalue weighted by Crippen LogP contribution is -2.14. The van der Waals surface area contributed by atoms with Crippen LogP contribution in [0.3, 0.4) is 0 Å². The lowest BCUT2D eigenvalue weighted by molar-refractivity contribution is 0.266. The number of hydrogen-bond donors (Lipinski definition) is 3. The molecule has 0 aliphatic rings. The van der Waals surface area contributed by atoms with E-state index in [0.29, 0.717) is 0 Å². The molecular weight excluding hydrogens is 176 g/mol. The Bertz CT molecular complexity index is 447. The molecular formula is C11H14N2O. The summed E-state index contributed by atoms with van der Waals surface area (Å²) in [6, 6.07) is 7.77. The zero-order valence-corrected chi connectivity index (χ0v) is 8.12. The number of nitrogens with one attached hydrogen (secondary N) is 1. The predicted molar refractivity (Wildman–Crippen MR) is 57.0 cm³/mol. The van der Waals surface area contributed by atoms with Crippen LogP contribution in [-0.2, 0) is 0 Å². The average molecular weight is 190 g/mol. The molecule has 2 rings (SSSR count). The number of benzene rings is 1. The normalized spacial score (nSPS) is 13.4. The van der Waals surface area contributed by atoms with E-state index in [-0.39, 0.29) is 12.6 Å². The lowest BCUT2D eigenvalue weighted by Gasteiger charge is -2.03. The van der Waals surface area contributed by atoms with Crippen molar-refractivity contribution in [3.63, 3.8) is 0 Å². The van der Waals surface area contributed by atoms with Crippen LogP contribution < -0.4 is 5.73 Å². The smallest absolute Gasteiger partial charge is 0.0683 e. The molecule has 1 aromatic heterocycles. The molecule has 1 atom stereocenters. The molecule has 3 nitrogen and oxygen atoms in total. The van der Waals surface area contributed by atoms with E-state index in [1.807, 2.05) is 31.2 Å². The Morgan fingerprint density at radius 1 is 1.50 bits per heavy atom. The molecule has 74 valence electrons. The molecule has 4 N–H and O–H groups in total. The van der Waals surface area contributed by atoms with Gasteiger partial charge in [-0.3, -0.25) is 0 Å². The molecule has 1 aromatic carbocycles. The number of aliphatic hydroxyl groups is 1. The monoisotopic (exact) mass is 190 g/mol. The summed E-state index contributed by atoms with van der Waals surface area (Å²) in [5.41, 5.74) is 8.91. The number of nitrogens with two attached hydrogens (primary N) is 1. The van der Waals surface area contributed by atoms with E-state index in [1.54, 1.807) is 0 Å². The third kappa shape index (κ3) is 1.41. The van der Waals surface area contributed by atoms with Crippen molar-refractivity contribution in [2.45, 2.75) is 13.0 Å². The van der Waals surface area contributed by atoms with Crippen LogP contribution in [0.2, 0.25) is 0 Å². The first-order valence-corrected chi connectivity index (χ1v) is 4.67. The number of H-pyrrole nitrogens is 1. The molecule has 1 heterocycles. The van der Waals surface area contributed by atoms with Gasteiger partial charge in [0.1, 0.15) is 0 Å². The quantitative estimate of drug-likeness (QED) is 0.671. The van der Waals surface area contributed by atoms with Gasteiger partial charge >= 0.3 is 0 Å². The Balaban J connectivity index is 2.56. The van der Waals surface area contributed by atoms with E-state index >= 15 is 0 Å². The highest BCUT2D eigenvalue weighted by atomic mass is 16.3. The number of rotatable bonds is 2. The summed E-state index contributed by atoms with van der Waals surface area (Å²) in [5, 5.41) is 10.1. The molecule has 0 fully saturated rings. The molecule has 0 saturated heterocycles. The van der Waals surface area contributed by atoms with E-state index in [1.165, 1.54) is 5.56 Å². The zero-order chi connectivity index (χ0) is 10.1. The minimum Gasteiger partial charge on any atom is -0.394 e. The molecule has 0 aliphatic heterocycles. The Morgan fingerprint density at radius 2 is 2.29 bits per heavy atom. The predicted octanol–water partition coefficient (Wildman–Crippen LogP) is 1.47. The summed E-state index contributed by atoms with van der Waals surface area (Å²) >= 11 is 0. The van der Waals surface area contributed by atoms with Gasteiger partial charge in [0.2, 0.25) is 0 Å². The van der Waals surface area contributed by atoms with E-state index in [4.69, 9.17) is 10.8 Å². The second-order valence-electron chi connectivity index (χ2n) is 3.55. The van der Waals surface area contributed by atoms with Crippen LogP contribution in [0.1, 0.15) is 17.3 Å². The van der Waals surface area contributed by atoms with E-state index in [2.05, 4.69) is 4.98 Å². The van der Waals surface area contributed by atoms with Crippen LogP contribution in [0, 0.1) is 6.92 Å². The van der Waals surface area contributed by atoms with Gasteiger partial charge in [0.15, 0.2) is 0 Å². The summed E-state index contributed by atoms with van der Waals surface area (Å²) in [7, 11) is 0. The number of hydrogen-bond acceptors (Lipinski definition) is 2. The number of para-hydroxylation sites is 1. The minimum absolute atomic E-state index is 0.0358. The lowest BCUT2D eigenvalue weighted by atomic mass is 10.1. The summed E-state index contributed by atoms with van der Waals surface area (Å²) < 4.78 is 0. The molecule has 0 aliphatic carbocycles. The molecule has 0 radical (unpaired) electrons. The number of fused-ring (bicyclic) bond motifs is 1. The highest BCUT2D eigenvalue weighted by molar-refractivity contribution is 5.83. The van der Waals surface area contributed by atoms with Crippen LogP contribution >= 0.6 is 0 Å². The van der Waals surface area contributed by atoms with Gasteiger partial charge in [0.25, 0.3) is 0 Å². The van der Waals surface area contributed by atoms with Gasteiger partial charge in [-0.15, -0.1) is 0 Å². The Kier molecular flexibility index (Phi) is 2.27. The second kappa shape index (κ2) is 3.44. The first-order valence-electron chi connectivity index (χ1n) is 4.67. The molecule has 0 bridgehead atoms. The minimum atomic E-state index is -0.318. The molecule has 0 saturated carbocycles. The third-order valence-electron chi connectivity index (χ3n) is 2.48. The van der Waals surface area contributed by atoms with Crippen LogP contribution in [0.4, 0.5) is 0 Å². The van der Waals surface area contributed by atoms with E-state index in [0.717, 1.165) is 16.6 Å². The maximum absolute atomic E-state index is 8.94. The fourth-order valence-electron chi connectivity index (χ4n) is 1.63. The average Bonchev–Trinajstić information content (AvgIpc) is 2.62. The largest absolute Gasteiger partial charge is 0.394 e. The zero-order valence-electron chi connectivity index (χ0n) is 8.12. The van der Waals surface area contributed by atoms with E-state index < -0.39 is 0 Å². The molecule has 3 heteroatoms. The van der Waals surface area contributed by atoms with Gasteiger partial charge in [0, 0.05) is 11.2 Å². The third-order valence-corrected chi connectivity index (χ3v) is 2.48. The molecule has 0 unspecified atom stereocenters. The van der Waals surface area contributed by atoms with Crippen LogP contribution in [0.25, 0.3) is 10.9 Å². The van der Waals surface area contributed by atoms with Crippen molar-refractivity contribution in [3.05, 3.63) is 35.5 Å². The van der Waals surface area contributed by atoms with Crippen molar-refractivity contribution in [1.82, 2.24) is 4.98 Å². The first-order chi connectivity index (χ1) is 6.72. The molecule has 14 heavy (non-hydrogen) atoms. The summed E-state index contributed by atoms with van der Waals surface area (Å²) in [4.78, 5) is 3.23. The summed E-state index contributed by atoms with van der Waals surface area (Å²) in [6.07, 6.45) is 0. The fourth-order valence-corrected chi connectivity index (χ4v) is 1.63. The fraction of sp³-hybridized carbons (Fsp3) is 0.273. The van der Waals surface area contributed by atoms with Gasteiger partial charge in [0.05, 0.1) is 12.6 Å². The van der Waals surface area contributed by atoms with Crippen LogP contribution in [0.15, 0.2) is 24.3 Å². The van der Waals surface area contributed by atoms with Gasteiger partial charge in [-0.05, 0) is 23.9 Å². The second-order valence-corrected chi connectivity index (χ2v) is 3.55. The van der Waals surface area contributed by atoms with Crippen molar-refractivity contribution in [2.75, 3.05) is 6.61 Å². The molecule has 2 aromatic rings. The van der Waals surface area contributed by atoms with Gasteiger partial charge < -0.3 is 15.8 Å². The number of aromatic nitrogens is 1. The van der Waals surface area contributed by atoms with Crippen LogP contribution in [0.5, 0.6) is 0 Å². The Hall–Kier alpha value is -1.32. The SMILES string of the molecule is Cc1cccc2cc([C@H](N)CO)[nH]c12. The highest BCUT2D eigenvalue weighted by Crippen LogP contribution is 2.21.